The molecule has 102 valence electrons. The Hall–Kier alpha value is -1.36. The molecule has 0 aliphatic rings. The summed E-state index contributed by atoms with van der Waals surface area (Å²) in [5.41, 5.74) is 0. The van der Waals surface area contributed by atoms with Gasteiger partial charge in [0.2, 0.25) is 0 Å². The van der Waals surface area contributed by atoms with Crippen LogP contribution in [0.4, 0.5) is 0 Å². The van der Waals surface area contributed by atoms with Crippen molar-refractivity contribution >= 4 is 50.3 Å². The van der Waals surface area contributed by atoms with Crippen LogP contribution in [-0.4, -0.2) is 17.9 Å². The third-order valence-electron chi connectivity index (χ3n) is 3.05. The van der Waals surface area contributed by atoms with Crippen LogP contribution in [0.15, 0.2) is 41.8 Å². The summed E-state index contributed by atoms with van der Waals surface area (Å²) in [6, 6.07) is 11.8. The van der Waals surface area contributed by atoms with E-state index in [2.05, 4.69) is 0 Å². The Kier molecular flexibility index (Phi) is 3.78. The molecule has 2 aromatic heterocycles. The number of rotatable bonds is 3. The molecule has 0 aliphatic heterocycles. The lowest BCUT2D eigenvalue weighted by atomic mass is 10.2. The molecule has 3 rings (SSSR count). The van der Waals surface area contributed by atoms with Crippen LogP contribution in [0.5, 0.6) is 0 Å². The number of nitrogens with zero attached hydrogens (tertiary/aromatic N) is 1. The molecule has 0 atom stereocenters. The van der Waals surface area contributed by atoms with Crippen molar-refractivity contribution in [1.82, 2.24) is 4.90 Å². The Morgan fingerprint density at radius 2 is 2.05 bits per heavy atom. The van der Waals surface area contributed by atoms with Crippen molar-refractivity contribution in [2.75, 3.05) is 7.05 Å². The molecule has 0 saturated heterocycles. The standard InChI is InChI=1S/C15H12ClNOS2/c1-17(9-10-5-4-8-19-10)15(18)14-13(16)11-6-2-3-7-12(11)20-14/h2-8H,9H2,1H3. The largest absolute Gasteiger partial charge is 0.336 e. The highest BCUT2D eigenvalue weighted by atomic mass is 35.5. The van der Waals surface area contributed by atoms with Crippen LogP contribution in [0.1, 0.15) is 14.5 Å². The molecule has 20 heavy (non-hydrogen) atoms. The van der Waals surface area contributed by atoms with Gasteiger partial charge in [-0.1, -0.05) is 35.9 Å². The van der Waals surface area contributed by atoms with Gasteiger partial charge in [-0.15, -0.1) is 22.7 Å². The van der Waals surface area contributed by atoms with Crippen molar-refractivity contribution in [3.63, 3.8) is 0 Å². The molecule has 5 heteroatoms. The molecular weight excluding hydrogens is 310 g/mol. The molecule has 0 bridgehead atoms. The summed E-state index contributed by atoms with van der Waals surface area (Å²) < 4.78 is 1.05. The van der Waals surface area contributed by atoms with E-state index in [1.165, 1.54) is 11.3 Å². The van der Waals surface area contributed by atoms with Crippen LogP contribution in [0, 0.1) is 0 Å². The van der Waals surface area contributed by atoms with Crippen LogP contribution in [0.25, 0.3) is 10.1 Å². The minimum atomic E-state index is -0.0235. The van der Waals surface area contributed by atoms with Gasteiger partial charge in [-0.3, -0.25) is 4.79 Å². The van der Waals surface area contributed by atoms with Crippen LogP contribution < -0.4 is 0 Å². The van der Waals surface area contributed by atoms with Gasteiger partial charge in [0.15, 0.2) is 0 Å². The number of thiophene rings is 2. The zero-order valence-electron chi connectivity index (χ0n) is 10.8. The van der Waals surface area contributed by atoms with Crippen LogP contribution in [0.3, 0.4) is 0 Å². The fourth-order valence-electron chi connectivity index (χ4n) is 2.03. The third kappa shape index (κ3) is 2.46. The Labute approximate surface area is 130 Å². The number of amides is 1. The minimum absolute atomic E-state index is 0.0235. The maximum absolute atomic E-state index is 12.5. The SMILES string of the molecule is CN(Cc1cccs1)C(=O)c1sc2ccccc2c1Cl. The number of benzene rings is 1. The zero-order chi connectivity index (χ0) is 14.1. The number of halogens is 1. The highest BCUT2D eigenvalue weighted by Gasteiger charge is 2.20. The van der Waals surface area contributed by atoms with Gasteiger partial charge in [0.1, 0.15) is 4.88 Å². The van der Waals surface area contributed by atoms with E-state index in [9.17, 15) is 4.79 Å². The lowest BCUT2D eigenvalue weighted by molar-refractivity contribution is 0.0791. The summed E-state index contributed by atoms with van der Waals surface area (Å²) in [5, 5.41) is 3.53. The lowest BCUT2D eigenvalue weighted by Crippen LogP contribution is -2.25. The van der Waals surface area contributed by atoms with Gasteiger partial charge in [-0.2, -0.15) is 0 Å². The van der Waals surface area contributed by atoms with Crippen LogP contribution >= 0.6 is 34.3 Å². The Morgan fingerprint density at radius 1 is 1.25 bits per heavy atom. The van der Waals surface area contributed by atoms with Gasteiger partial charge in [0.25, 0.3) is 5.91 Å². The monoisotopic (exact) mass is 321 g/mol. The van der Waals surface area contributed by atoms with E-state index in [1.807, 2.05) is 48.8 Å². The predicted octanol–water partition coefficient (Wildman–Crippen LogP) is 4.89. The summed E-state index contributed by atoms with van der Waals surface area (Å²) in [6.07, 6.45) is 0. The highest BCUT2D eigenvalue weighted by molar-refractivity contribution is 7.21. The molecule has 0 fully saturated rings. The minimum Gasteiger partial charge on any atom is -0.336 e. The molecule has 0 aliphatic carbocycles. The number of hydrogen-bond acceptors (Lipinski definition) is 3. The normalized spacial score (nSPS) is 10.9. The van der Waals surface area contributed by atoms with E-state index in [4.69, 9.17) is 11.6 Å². The second-order valence-corrected chi connectivity index (χ2v) is 6.94. The molecule has 0 N–H and O–H groups in total. The molecule has 1 amide bonds. The van der Waals surface area contributed by atoms with Crippen molar-refractivity contribution in [2.45, 2.75) is 6.54 Å². The molecule has 1 aromatic carbocycles. The predicted molar refractivity (Wildman–Crippen MR) is 87.0 cm³/mol. The molecular formula is C15H12ClNOS2. The second kappa shape index (κ2) is 5.56. The van der Waals surface area contributed by atoms with Gasteiger partial charge < -0.3 is 4.90 Å². The highest BCUT2D eigenvalue weighted by Crippen LogP contribution is 2.35. The summed E-state index contributed by atoms with van der Waals surface area (Å²) in [5.74, 6) is -0.0235. The first-order chi connectivity index (χ1) is 9.66. The van der Waals surface area contributed by atoms with E-state index < -0.39 is 0 Å². The third-order valence-corrected chi connectivity index (χ3v) is 5.57. The van der Waals surface area contributed by atoms with E-state index in [1.54, 1.807) is 16.2 Å². The smallest absolute Gasteiger partial charge is 0.265 e. The average molecular weight is 322 g/mol. The maximum Gasteiger partial charge on any atom is 0.265 e. The van der Waals surface area contributed by atoms with Gasteiger partial charge in [-0.25, -0.2) is 0 Å². The van der Waals surface area contributed by atoms with Gasteiger partial charge in [-0.05, 0) is 17.5 Å². The van der Waals surface area contributed by atoms with Gasteiger partial charge in [0.05, 0.1) is 11.6 Å². The number of carbonyl (C=O) groups excluding carboxylic acids is 1. The molecule has 0 saturated carbocycles. The number of hydrogen-bond donors (Lipinski definition) is 0. The van der Waals surface area contributed by atoms with Crippen molar-refractivity contribution < 1.29 is 4.79 Å². The topological polar surface area (TPSA) is 20.3 Å². The molecule has 0 radical (unpaired) electrons. The first-order valence-electron chi connectivity index (χ1n) is 6.11. The molecule has 0 spiro atoms. The van der Waals surface area contributed by atoms with E-state index in [0.29, 0.717) is 16.4 Å². The number of fused-ring (bicyclic) bond motifs is 1. The maximum atomic E-state index is 12.5. The molecule has 2 heterocycles. The van der Waals surface area contributed by atoms with E-state index >= 15 is 0 Å². The Bertz CT molecular complexity index is 748. The molecule has 3 aromatic rings. The summed E-state index contributed by atoms with van der Waals surface area (Å²) in [4.78, 5) is 16.0. The second-order valence-electron chi connectivity index (χ2n) is 4.48. The van der Waals surface area contributed by atoms with Crippen molar-refractivity contribution in [2.24, 2.45) is 0 Å². The van der Waals surface area contributed by atoms with Crippen molar-refractivity contribution in [3.8, 4) is 0 Å². The van der Waals surface area contributed by atoms with E-state index in [0.717, 1.165) is 15.0 Å². The first kappa shape index (κ1) is 13.6. The Balaban J connectivity index is 1.90. The molecule has 2 nitrogen and oxygen atoms in total. The average Bonchev–Trinajstić information content (AvgIpc) is 3.07. The van der Waals surface area contributed by atoms with Gasteiger partial charge >= 0.3 is 0 Å². The summed E-state index contributed by atoms with van der Waals surface area (Å²) in [6.45, 7) is 0.612. The fraction of sp³-hybridized carbons (Fsp3) is 0.133. The lowest BCUT2D eigenvalue weighted by Gasteiger charge is -2.15. The summed E-state index contributed by atoms with van der Waals surface area (Å²) in [7, 11) is 1.81. The van der Waals surface area contributed by atoms with Crippen LogP contribution in [0.2, 0.25) is 5.02 Å². The van der Waals surface area contributed by atoms with Crippen LogP contribution in [-0.2, 0) is 6.54 Å². The summed E-state index contributed by atoms with van der Waals surface area (Å²) >= 11 is 9.45. The number of carbonyl (C=O) groups is 1. The quantitative estimate of drug-likeness (QED) is 0.672. The Morgan fingerprint density at radius 3 is 2.75 bits per heavy atom. The fourth-order valence-corrected chi connectivity index (χ4v) is 4.30. The van der Waals surface area contributed by atoms with E-state index in [-0.39, 0.29) is 5.91 Å². The van der Waals surface area contributed by atoms with Gasteiger partial charge in [0, 0.05) is 22.0 Å². The first-order valence-corrected chi connectivity index (χ1v) is 8.19. The van der Waals surface area contributed by atoms with Crippen molar-refractivity contribution in [3.05, 3.63) is 56.6 Å². The zero-order valence-corrected chi connectivity index (χ0v) is 13.2. The molecule has 0 unspecified atom stereocenters. The van der Waals surface area contributed by atoms with Crippen molar-refractivity contribution in [1.29, 1.82) is 0 Å².